The van der Waals surface area contributed by atoms with Gasteiger partial charge >= 0.3 is 0 Å². The molecule has 3 heteroatoms. The van der Waals surface area contributed by atoms with Crippen LogP contribution in [0.15, 0.2) is 29.2 Å². The van der Waals surface area contributed by atoms with Crippen LogP contribution in [0.4, 0.5) is 0 Å². The van der Waals surface area contributed by atoms with Crippen molar-refractivity contribution in [1.29, 1.82) is 5.26 Å². The van der Waals surface area contributed by atoms with Crippen LogP contribution in [0.25, 0.3) is 0 Å². The van der Waals surface area contributed by atoms with Crippen LogP contribution in [0.2, 0.25) is 0 Å². The van der Waals surface area contributed by atoms with Crippen molar-refractivity contribution < 1.29 is 0 Å². The summed E-state index contributed by atoms with van der Waals surface area (Å²) in [6.07, 6.45) is 0.875. The number of thioether (sulfide) groups is 1. The molecule has 1 aromatic rings. The zero-order valence-corrected chi connectivity index (χ0v) is 9.05. The first-order valence-electron chi connectivity index (χ1n) is 4.65. The molecule has 1 unspecified atom stereocenters. The predicted molar refractivity (Wildman–Crippen MR) is 59.9 cm³/mol. The van der Waals surface area contributed by atoms with E-state index < -0.39 is 0 Å². The summed E-state index contributed by atoms with van der Waals surface area (Å²) in [5, 5.41) is 8.85. The Morgan fingerprint density at radius 1 is 1.43 bits per heavy atom. The van der Waals surface area contributed by atoms with Gasteiger partial charge < -0.3 is 5.73 Å². The van der Waals surface area contributed by atoms with Gasteiger partial charge in [0.15, 0.2) is 0 Å². The number of benzene rings is 1. The first-order chi connectivity index (χ1) is 6.80. The van der Waals surface area contributed by atoms with Crippen molar-refractivity contribution in [3.8, 4) is 6.07 Å². The van der Waals surface area contributed by atoms with Gasteiger partial charge in [-0.1, -0.05) is 19.1 Å². The van der Waals surface area contributed by atoms with E-state index in [0.29, 0.717) is 6.54 Å². The third-order valence-corrected chi connectivity index (χ3v) is 3.22. The summed E-state index contributed by atoms with van der Waals surface area (Å²) >= 11 is 1.61. The number of nitrogens with two attached hydrogens (primary N) is 1. The van der Waals surface area contributed by atoms with Crippen molar-refractivity contribution in [3.63, 3.8) is 0 Å². The summed E-state index contributed by atoms with van der Waals surface area (Å²) in [7, 11) is 0. The number of nitrogens with zero attached hydrogens (tertiary/aromatic N) is 1. The summed E-state index contributed by atoms with van der Waals surface area (Å²) in [5.74, 6) is 0. The molecule has 1 atom stereocenters. The van der Waals surface area contributed by atoms with Crippen LogP contribution >= 0.6 is 11.8 Å². The number of hydrogen-bond donors (Lipinski definition) is 1. The van der Waals surface area contributed by atoms with E-state index in [-0.39, 0.29) is 5.25 Å². The Morgan fingerprint density at radius 2 is 2.07 bits per heavy atom. The molecule has 0 radical (unpaired) electrons. The summed E-state index contributed by atoms with van der Waals surface area (Å²) in [6.45, 7) is 2.59. The normalized spacial score (nSPS) is 12.1. The van der Waals surface area contributed by atoms with Crippen LogP contribution in [-0.4, -0.2) is 5.25 Å². The average molecular weight is 206 g/mol. The van der Waals surface area contributed by atoms with Crippen molar-refractivity contribution in [2.24, 2.45) is 5.73 Å². The monoisotopic (exact) mass is 206 g/mol. The maximum Gasteiger partial charge on any atom is 0.0961 e. The van der Waals surface area contributed by atoms with E-state index in [1.807, 2.05) is 31.2 Å². The topological polar surface area (TPSA) is 49.8 Å². The minimum atomic E-state index is 0.0544. The van der Waals surface area contributed by atoms with Gasteiger partial charge in [-0.25, -0.2) is 0 Å². The van der Waals surface area contributed by atoms with E-state index in [2.05, 4.69) is 6.07 Å². The second-order valence-corrected chi connectivity index (χ2v) is 4.27. The predicted octanol–water partition coefficient (Wildman–Crippen LogP) is 2.54. The molecule has 0 amide bonds. The average Bonchev–Trinajstić information content (AvgIpc) is 2.26. The second kappa shape index (κ2) is 5.69. The molecule has 0 aliphatic heterocycles. The lowest BCUT2D eigenvalue weighted by atomic mass is 10.2. The van der Waals surface area contributed by atoms with Crippen LogP contribution in [0, 0.1) is 11.3 Å². The van der Waals surface area contributed by atoms with E-state index in [1.54, 1.807) is 11.8 Å². The molecule has 0 aromatic heterocycles. The Morgan fingerprint density at radius 3 is 2.50 bits per heavy atom. The maximum atomic E-state index is 8.80. The molecule has 0 aliphatic carbocycles. The summed E-state index contributed by atoms with van der Waals surface area (Å²) in [6, 6.07) is 10.3. The van der Waals surface area contributed by atoms with Gasteiger partial charge in [-0.15, -0.1) is 11.8 Å². The van der Waals surface area contributed by atoms with E-state index in [9.17, 15) is 0 Å². The zero-order valence-electron chi connectivity index (χ0n) is 8.23. The van der Waals surface area contributed by atoms with Gasteiger partial charge in [0.2, 0.25) is 0 Å². The van der Waals surface area contributed by atoms with Gasteiger partial charge in [0.1, 0.15) is 0 Å². The van der Waals surface area contributed by atoms with E-state index in [4.69, 9.17) is 11.0 Å². The number of hydrogen-bond acceptors (Lipinski definition) is 3. The molecule has 14 heavy (non-hydrogen) atoms. The van der Waals surface area contributed by atoms with Crippen LogP contribution in [0.5, 0.6) is 0 Å². The fraction of sp³-hybridized carbons (Fsp3) is 0.364. The van der Waals surface area contributed by atoms with Crippen LogP contribution < -0.4 is 5.73 Å². The lowest BCUT2D eigenvalue weighted by Crippen LogP contribution is -1.97. The molecule has 2 nitrogen and oxygen atoms in total. The Hall–Kier alpha value is -0.980. The lowest BCUT2D eigenvalue weighted by Gasteiger charge is -2.05. The van der Waals surface area contributed by atoms with Gasteiger partial charge in [0.25, 0.3) is 0 Å². The number of rotatable bonds is 4. The third kappa shape index (κ3) is 3.06. The Balaban J connectivity index is 2.64. The zero-order chi connectivity index (χ0) is 10.4. The van der Waals surface area contributed by atoms with Crippen molar-refractivity contribution in [2.75, 3.05) is 0 Å². The van der Waals surface area contributed by atoms with Crippen LogP contribution in [0.1, 0.15) is 18.9 Å². The van der Waals surface area contributed by atoms with Gasteiger partial charge in [-0.3, -0.25) is 0 Å². The fourth-order valence-corrected chi connectivity index (χ4v) is 1.91. The largest absolute Gasteiger partial charge is 0.326 e. The Labute approximate surface area is 89.1 Å². The van der Waals surface area contributed by atoms with Gasteiger partial charge in [0.05, 0.1) is 11.3 Å². The highest BCUT2D eigenvalue weighted by atomic mass is 32.2. The summed E-state index contributed by atoms with van der Waals surface area (Å²) in [5.41, 5.74) is 6.62. The first-order valence-corrected chi connectivity index (χ1v) is 5.53. The van der Waals surface area contributed by atoms with Crippen LogP contribution in [-0.2, 0) is 6.54 Å². The van der Waals surface area contributed by atoms with Gasteiger partial charge in [0, 0.05) is 11.4 Å². The van der Waals surface area contributed by atoms with Crippen molar-refractivity contribution in [2.45, 2.75) is 30.0 Å². The minimum Gasteiger partial charge on any atom is -0.326 e. The van der Waals surface area contributed by atoms with Gasteiger partial charge in [-0.2, -0.15) is 5.26 Å². The molecule has 0 saturated carbocycles. The second-order valence-electron chi connectivity index (χ2n) is 2.99. The SMILES string of the molecule is CCC(C#N)Sc1ccc(CN)cc1. The van der Waals surface area contributed by atoms with E-state index >= 15 is 0 Å². The third-order valence-electron chi connectivity index (χ3n) is 1.95. The van der Waals surface area contributed by atoms with Gasteiger partial charge in [-0.05, 0) is 24.1 Å². The highest BCUT2D eigenvalue weighted by Gasteiger charge is 2.05. The molecular formula is C11H14N2S. The molecule has 0 bridgehead atoms. The molecule has 0 fully saturated rings. The Bertz CT molecular complexity index is 313. The van der Waals surface area contributed by atoms with Crippen molar-refractivity contribution in [3.05, 3.63) is 29.8 Å². The highest BCUT2D eigenvalue weighted by Crippen LogP contribution is 2.24. The minimum absolute atomic E-state index is 0.0544. The lowest BCUT2D eigenvalue weighted by molar-refractivity contribution is 0.984. The van der Waals surface area contributed by atoms with E-state index in [0.717, 1.165) is 16.9 Å². The first kappa shape index (κ1) is 11.1. The summed E-state index contributed by atoms with van der Waals surface area (Å²) in [4.78, 5) is 1.13. The number of nitriles is 1. The molecule has 0 aliphatic rings. The standard InChI is InChI=1S/C11H14N2S/c1-2-10(8-13)14-11-5-3-9(7-12)4-6-11/h3-6,10H,2,7,12H2,1H3. The molecule has 1 aromatic carbocycles. The Kier molecular flexibility index (Phi) is 4.51. The molecule has 0 saturated heterocycles. The van der Waals surface area contributed by atoms with E-state index in [1.165, 1.54) is 0 Å². The molecule has 1 rings (SSSR count). The van der Waals surface area contributed by atoms with Crippen LogP contribution in [0.3, 0.4) is 0 Å². The fourth-order valence-electron chi connectivity index (χ4n) is 1.07. The molecule has 0 spiro atoms. The quantitative estimate of drug-likeness (QED) is 0.770. The molecule has 2 N–H and O–H groups in total. The molecule has 0 heterocycles. The summed E-state index contributed by atoms with van der Waals surface area (Å²) < 4.78 is 0. The highest BCUT2D eigenvalue weighted by molar-refractivity contribution is 8.00. The molecular weight excluding hydrogens is 192 g/mol. The maximum absolute atomic E-state index is 8.80. The van der Waals surface area contributed by atoms with Crippen molar-refractivity contribution in [1.82, 2.24) is 0 Å². The smallest absolute Gasteiger partial charge is 0.0961 e. The molecule has 74 valence electrons. The van der Waals surface area contributed by atoms with Crippen molar-refractivity contribution >= 4 is 11.8 Å².